The highest BCUT2D eigenvalue weighted by atomic mass is 32.2. The number of hydrogen-bond acceptors (Lipinski definition) is 4. The van der Waals surface area contributed by atoms with E-state index in [1.54, 1.807) is 19.1 Å². The van der Waals surface area contributed by atoms with Crippen LogP contribution in [0.4, 0.5) is 4.39 Å². The number of rotatable bonds is 6. The van der Waals surface area contributed by atoms with Gasteiger partial charge >= 0.3 is 0 Å². The van der Waals surface area contributed by atoms with Gasteiger partial charge in [-0.2, -0.15) is 0 Å². The summed E-state index contributed by atoms with van der Waals surface area (Å²) in [6, 6.07) is 9.78. The minimum absolute atomic E-state index is 0.0476. The first kappa shape index (κ1) is 17.1. The summed E-state index contributed by atoms with van der Waals surface area (Å²) in [4.78, 5) is 11.2. The predicted octanol–water partition coefficient (Wildman–Crippen LogP) is 0.774. The first-order valence-electron chi connectivity index (χ1n) is 6.82. The van der Waals surface area contributed by atoms with Crippen molar-refractivity contribution in [3.63, 3.8) is 0 Å². The molecule has 23 heavy (non-hydrogen) atoms. The smallest absolute Gasteiger partial charge is 0.241 e. The first-order valence-corrected chi connectivity index (χ1v) is 8.30. The number of aryl methyl sites for hydroxylation is 1. The molecular formula is C16H15FNO4S-. The van der Waals surface area contributed by atoms with Gasteiger partial charge in [0.05, 0.1) is 16.9 Å². The molecule has 0 bridgehead atoms. The molecule has 1 atom stereocenters. The van der Waals surface area contributed by atoms with E-state index in [1.807, 2.05) is 0 Å². The average molecular weight is 336 g/mol. The van der Waals surface area contributed by atoms with E-state index >= 15 is 0 Å². The molecule has 0 unspecified atom stereocenters. The minimum Gasteiger partial charge on any atom is -0.548 e. The number of halogens is 1. The number of nitrogens with one attached hydrogen (secondary N) is 1. The molecule has 0 aliphatic rings. The molecule has 2 aromatic rings. The van der Waals surface area contributed by atoms with E-state index in [0.717, 1.165) is 11.6 Å². The SMILES string of the molecule is Cc1ccc(S(=O)(=O)N[C@H](Cc2cccc(F)c2)C(=O)[O-])cc1. The molecule has 5 nitrogen and oxygen atoms in total. The lowest BCUT2D eigenvalue weighted by Gasteiger charge is -2.20. The van der Waals surface area contributed by atoms with Crippen LogP contribution in [0, 0.1) is 12.7 Å². The molecule has 2 aromatic carbocycles. The third-order valence-electron chi connectivity index (χ3n) is 3.24. The molecule has 0 aliphatic heterocycles. The second-order valence-electron chi connectivity index (χ2n) is 5.14. The van der Waals surface area contributed by atoms with Gasteiger partial charge in [-0.1, -0.05) is 29.8 Å². The Morgan fingerprint density at radius 1 is 1.22 bits per heavy atom. The Balaban J connectivity index is 2.22. The molecule has 2 rings (SSSR count). The lowest BCUT2D eigenvalue weighted by atomic mass is 10.1. The van der Waals surface area contributed by atoms with Crippen molar-refractivity contribution in [2.45, 2.75) is 24.3 Å². The van der Waals surface area contributed by atoms with E-state index in [1.165, 1.54) is 30.3 Å². The third-order valence-corrected chi connectivity index (χ3v) is 4.73. The number of carbonyl (C=O) groups is 1. The van der Waals surface area contributed by atoms with Crippen molar-refractivity contribution in [3.05, 3.63) is 65.5 Å². The van der Waals surface area contributed by atoms with E-state index in [0.29, 0.717) is 5.56 Å². The van der Waals surface area contributed by atoms with Crippen LogP contribution < -0.4 is 9.83 Å². The molecule has 0 radical (unpaired) electrons. The average Bonchev–Trinajstić information content (AvgIpc) is 2.46. The van der Waals surface area contributed by atoms with Crippen LogP contribution in [-0.2, 0) is 21.2 Å². The fourth-order valence-corrected chi connectivity index (χ4v) is 3.23. The Bertz CT molecular complexity index is 803. The highest BCUT2D eigenvalue weighted by molar-refractivity contribution is 7.89. The zero-order valence-corrected chi connectivity index (χ0v) is 13.1. The van der Waals surface area contributed by atoms with Gasteiger partial charge in [0, 0.05) is 0 Å². The molecule has 0 heterocycles. The monoisotopic (exact) mass is 336 g/mol. The van der Waals surface area contributed by atoms with Gasteiger partial charge in [-0.05, 0) is 43.2 Å². The van der Waals surface area contributed by atoms with Gasteiger partial charge < -0.3 is 9.90 Å². The normalized spacial score (nSPS) is 12.8. The van der Waals surface area contributed by atoms with E-state index in [9.17, 15) is 22.7 Å². The summed E-state index contributed by atoms with van der Waals surface area (Å²) in [5.74, 6) is -2.11. The van der Waals surface area contributed by atoms with Gasteiger partial charge in [0.1, 0.15) is 5.82 Å². The van der Waals surface area contributed by atoms with E-state index in [-0.39, 0.29) is 11.3 Å². The van der Waals surface area contributed by atoms with E-state index in [2.05, 4.69) is 4.72 Å². The lowest BCUT2D eigenvalue weighted by Crippen LogP contribution is -2.49. The summed E-state index contributed by atoms with van der Waals surface area (Å²) in [5.41, 5.74) is 1.23. The molecule has 0 aliphatic carbocycles. The number of sulfonamides is 1. The number of carboxylic acids is 1. The number of aliphatic carboxylic acids is 1. The second kappa shape index (κ2) is 6.89. The summed E-state index contributed by atoms with van der Waals surface area (Å²) in [7, 11) is -4.02. The second-order valence-corrected chi connectivity index (χ2v) is 6.85. The molecule has 7 heteroatoms. The highest BCUT2D eigenvalue weighted by Gasteiger charge is 2.21. The predicted molar refractivity (Wildman–Crippen MR) is 80.4 cm³/mol. The van der Waals surface area contributed by atoms with Crippen molar-refractivity contribution in [3.8, 4) is 0 Å². The van der Waals surface area contributed by atoms with Gasteiger partial charge in [0.15, 0.2) is 0 Å². The lowest BCUT2D eigenvalue weighted by molar-refractivity contribution is -0.307. The molecule has 122 valence electrons. The van der Waals surface area contributed by atoms with Crippen LogP contribution in [0.2, 0.25) is 0 Å². The maximum atomic E-state index is 13.2. The standard InChI is InChI=1S/C16H16FNO4S/c1-11-5-7-14(8-6-11)23(21,22)18-15(16(19)20)10-12-3-2-4-13(17)9-12/h2-9,15,18H,10H2,1H3,(H,19,20)/p-1/t15-/m1/s1. The molecule has 0 fully saturated rings. The molecule has 0 aromatic heterocycles. The van der Waals surface area contributed by atoms with Crippen LogP contribution in [-0.4, -0.2) is 20.4 Å². The van der Waals surface area contributed by atoms with Gasteiger partial charge in [-0.15, -0.1) is 0 Å². The van der Waals surface area contributed by atoms with E-state index in [4.69, 9.17) is 0 Å². The summed E-state index contributed by atoms with van der Waals surface area (Å²) in [6.45, 7) is 1.80. The zero-order valence-electron chi connectivity index (χ0n) is 12.3. The Morgan fingerprint density at radius 3 is 2.43 bits per heavy atom. The fourth-order valence-electron chi connectivity index (χ4n) is 2.05. The largest absolute Gasteiger partial charge is 0.548 e. The van der Waals surface area contributed by atoms with Crippen molar-refractivity contribution in [1.29, 1.82) is 0 Å². The number of carboxylic acid groups (broad SMARTS) is 1. The highest BCUT2D eigenvalue weighted by Crippen LogP contribution is 2.12. The fraction of sp³-hybridized carbons (Fsp3) is 0.188. The molecule has 1 N–H and O–H groups in total. The van der Waals surface area contributed by atoms with Crippen LogP contribution >= 0.6 is 0 Å². The van der Waals surface area contributed by atoms with Crippen molar-refractivity contribution in [1.82, 2.24) is 4.72 Å². The van der Waals surface area contributed by atoms with Crippen LogP contribution in [0.25, 0.3) is 0 Å². The van der Waals surface area contributed by atoms with Crippen LogP contribution in [0.3, 0.4) is 0 Å². The number of carbonyl (C=O) groups excluding carboxylic acids is 1. The topological polar surface area (TPSA) is 86.3 Å². The summed E-state index contributed by atoms with van der Waals surface area (Å²) < 4.78 is 39.7. The van der Waals surface area contributed by atoms with Crippen molar-refractivity contribution < 1.29 is 22.7 Å². The van der Waals surface area contributed by atoms with Crippen LogP contribution in [0.15, 0.2) is 53.4 Å². The summed E-state index contributed by atoms with van der Waals surface area (Å²) >= 11 is 0. The van der Waals surface area contributed by atoms with Crippen LogP contribution in [0.5, 0.6) is 0 Å². The van der Waals surface area contributed by atoms with Gasteiger partial charge in [0.2, 0.25) is 10.0 Å². The quantitative estimate of drug-likeness (QED) is 0.844. The number of hydrogen-bond donors (Lipinski definition) is 1. The van der Waals surface area contributed by atoms with E-state index < -0.39 is 27.9 Å². The molecular weight excluding hydrogens is 321 g/mol. The summed E-state index contributed by atoms with van der Waals surface area (Å²) in [6.07, 6.45) is -0.217. The minimum atomic E-state index is -4.02. The number of benzene rings is 2. The van der Waals surface area contributed by atoms with Gasteiger partial charge in [-0.3, -0.25) is 0 Å². The molecule has 0 saturated carbocycles. The Labute approximate surface area is 133 Å². The maximum Gasteiger partial charge on any atom is 0.241 e. The summed E-state index contributed by atoms with van der Waals surface area (Å²) in [5, 5.41) is 11.2. The first-order chi connectivity index (χ1) is 10.8. The molecule has 0 amide bonds. The maximum absolute atomic E-state index is 13.2. The van der Waals surface area contributed by atoms with Gasteiger partial charge in [0.25, 0.3) is 0 Å². The Kier molecular flexibility index (Phi) is 5.12. The van der Waals surface area contributed by atoms with Crippen molar-refractivity contribution in [2.24, 2.45) is 0 Å². The Morgan fingerprint density at radius 2 is 1.87 bits per heavy atom. The van der Waals surface area contributed by atoms with Crippen molar-refractivity contribution in [2.75, 3.05) is 0 Å². The third kappa shape index (κ3) is 4.61. The zero-order chi connectivity index (χ0) is 17.0. The van der Waals surface area contributed by atoms with Gasteiger partial charge in [-0.25, -0.2) is 17.5 Å². The van der Waals surface area contributed by atoms with Crippen LogP contribution in [0.1, 0.15) is 11.1 Å². The van der Waals surface area contributed by atoms with Crippen molar-refractivity contribution >= 4 is 16.0 Å². The molecule has 0 saturated heterocycles. The Hall–Kier alpha value is -2.25. The molecule has 0 spiro atoms.